The van der Waals surface area contributed by atoms with Crippen molar-refractivity contribution in [3.8, 4) is 0 Å². The lowest BCUT2D eigenvalue weighted by atomic mass is 9.60. The van der Waals surface area contributed by atoms with Gasteiger partial charge < -0.3 is 15.3 Å². The van der Waals surface area contributed by atoms with Crippen molar-refractivity contribution in [3.05, 3.63) is 23.3 Å². The average molecular weight is 503 g/mol. The first kappa shape index (κ1) is 29.6. The Morgan fingerprint density at radius 3 is 2.33 bits per heavy atom. The summed E-state index contributed by atoms with van der Waals surface area (Å²) in [6, 6.07) is 0. The Kier molecular flexibility index (Phi) is 9.72. The molecule has 0 saturated heterocycles. The summed E-state index contributed by atoms with van der Waals surface area (Å²) < 4.78 is 0. The summed E-state index contributed by atoms with van der Waals surface area (Å²) in [5.74, 6) is 1.69. The number of fused-ring (bicyclic) bond motifs is 1. The van der Waals surface area contributed by atoms with Crippen LogP contribution in [0.5, 0.6) is 0 Å². The molecular formula is C32H54O4. The number of carbonyl (C=O) groups excluding carboxylic acids is 1. The van der Waals surface area contributed by atoms with E-state index in [1.807, 2.05) is 0 Å². The number of ketones is 1. The van der Waals surface area contributed by atoms with Crippen LogP contribution in [0.3, 0.4) is 0 Å². The van der Waals surface area contributed by atoms with E-state index in [-0.39, 0.29) is 11.2 Å². The monoisotopic (exact) mass is 502 g/mol. The number of rotatable bonds is 9. The Morgan fingerprint density at radius 1 is 1.06 bits per heavy atom. The van der Waals surface area contributed by atoms with Gasteiger partial charge in [0, 0.05) is 6.42 Å². The molecule has 0 aromatic carbocycles. The minimum Gasteiger partial charge on any atom is -0.393 e. The van der Waals surface area contributed by atoms with Gasteiger partial charge in [-0.3, -0.25) is 4.79 Å². The Bertz CT molecular complexity index is 799. The number of hydrogen-bond donors (Lipinski definition) is 3. The highest BCUT2D eigenvalue weighted by Gasteiger charge is 2.51. The van der Waals surface area contributed by atoms with Crippen molar-refractivity contribution in [3.63, 3.8) is 0 Å². The van der Waals surface area contributed by atoms with E-state index in [1.165, 1.54) is 50.5 Å². The second-order valence-electron chi connectivity index (χ2n) is 14.3. The van der Waals surface area contributed by atoms with Crippen LogP contribution in [-0.4, -0.2) is 38.9 Å². The SMILES string of the molecule is CC(C)(C)CCCC(CCC(=O)C(C)(C)O)[C@H]1CC[C@H]2/C(=C/C=C3CC(O)C[C@H](O)C3)CCC[C@]12C. The molecule has 36 heavy (non-hydrogen) atoms. The molecule has 3 N–H and O–H groups in total. The Morgan fingerprint density at radius 2 is 1.72 bits per heavy atom. The van der Waals surface area contributed by atoms with E-state index >= 15 is 0 Å². The zero-order valence-corrected chi connectivity index (χ0v) is 24.0. The third-order valence-electron chi connectivity index (χ3n) is 9.61. The van der Waals surface area contributed by atoms with Crippen LogP contribution in [0.1, 0.15) is 125 Å². The predicted molar refractivity (Wildman–Crippen MR) is 148 cm³/mol. The molecule has 2 unspecified atom stereocenters. The Hall–Kier alpha value is -0.970. The lowest BCUT2D eigenvalue weighted by Gasteiger charge is -2.45. The summed E-state index contributed by atoms with van der Waals surface area (Å²) in [5.41, 5.74) is 2.06. The van der Waals surface area contributed by atoms with Gasteiger partial charge in [-0.1, -0.05) is 63.8 Å². The molecule has 3 fully saturated rings. The van der Waals surface area contributed by atoms with Crippen LogP contribution in [-0.2, 0) is 4.79 Å². The third kappa shape index (κ3) is 7.77. The zero-order valence-electron chi connectivity index (χ0n) is 24.0. The molecule has 206 valence electrons. The number of aliphatic hydroxyl groups is 3. The van der Waals surface area contributed by atoms with Crippen LogP contribution < -0.4 is 0 Å². The van der Waals surface area contributed by atoms with Gasteiger partial charge in [0.25, 0.3) is 0 Å². The minimum atomic E-state index is -1.24. The fourth-order valence-electron chi connectivity index (χ4n) is 7.65. The van der Waals surface area contributed by atoms with E-state index in [2.05, 4.69) is 39.8 Å². The topological polar surface area (TPSA) is 77.8 Å². The standard InChI is InChI=1S/C32H54O4/c1-30(2,3)17-7-9-24(13-16-29(35)31(4,5)36)28-15-14-27-23(10-8-18-32(27,28)6)12-11-22-19-25(33)21-26(34)20-22/h11-12,24-28,33-34,36H,7-10,13-21H2,1-6H3/b22-11?,23-12+/t24?,25-,26?,27+,28-,32+/m1/s1. The maximum absolute atomic E-state index is 12.6. The van der Waals surface area contributed by atoms with Gasteiger partial charge >= 0.3 is 0 Å². The maximum Gasteiger partial charge on any atom is 0.163 e. The molecule has 0 amide bonds. The first-order valence-electron chi connectivity index (χ1n) is 14.7. The summed E-state index contributed by atoms with van der Waals surface area (Å²) in [6.07, 6.45) is 16.5. The largest absolute Gasteiger partial charge is 0.393 e. The van der Waals surface area contributed by atoms with E-state index in [4.69, 9.17) is 0 Å². The van der Waals surface area contributed by atoms with Crippen molar-refractivity contribution >= 4 is 5.78 Å². The van der Waals surface area contributed by atoms with E-state index in [9.17, 15) is 20.1 Å². The average Bonchev–Trinajstić information content (AvgIpc) is 3.09. The van der Waals surface area contributed by atoms with Crippen LogP contribution in [0.2, 0.25) is 0 Å². The molecule has 0 aromatic rings. The lowest BCUT2D eigenvalue weighted by molar-refractivity contribution is -0.134. The highest BCUT2D eigenvalue weighted by Crippen LogP contribution is 2.60. The predicted octanol–water partition coefficient (Wildman–Crippen LogP) is 6.91. The smallest absolute Gasteiger partial charge is 0.163 e. The van der Waals surface area contributed by atoms with Crippen molar-refractivity contribution in [1.29, 1.82) is 0 Å². The van der Waals surface area contributed by atoms with Gasteiger partial charge in [-0.25, -0.2) is 0 Å². The molecule has 4 nitrogen and oxygen atoms in total. The van der Waals surface area contributed by atoms with Crippen molar-refractivity contribution in [1.82, 2.24) is 0 Å². The number of Topliss-reactive ketones (excluding diaryl/α,β-unsaturated/α-hetero) is 1. The normalized spacial score (nSPS) is 34.7. The maximum atomic E-state index is 12.6. The number of aliphatic hydroxyl groups excluding tert-OH is 2. The van der Waals surface area contributed by atoms with Gasteiger partial charge in [0.05, 0.1) is 12.2 Å². The second kappa shape index (κ2) is 11.8. The molecule has 4 heteroatoms. The third-order valence-corrected chi connectivity index (χ3v) is 9.61. The molecular weight excluding hydrogens is 448 g/mol. The van der Waals surface area contributed by atoms with E-state index in [0.717, 1.165) is 12.8 Å². The molecule has 0 aromatic heterocycles. The summed E-state index contributed by atoms with van der Waals surface area (Å²) >= 11 is 0. The van der Waals surface area contributed by atoms with Gasteiger partial charge in [-0.15, -0.1) is 0 Å². The van der Waals surface area contributed by atoms with Crippen molar-refractivity contribution in [2.24, 2.45) is 28.6 Å². The quantitative estimate of drug-likeness (QED) is 0.320. The lowest BCUT2D eigenvalue weighted by Crippen LogP contribution is -2.37. The zero-order chi connectivity index (χ0) is 26.7. The molecule has 3 rings (SSSR count). The number of hydrogen-bond acceptors (Lipinski definition) is 4. The van der Waals surface area contributed by atoms with Crippen LogP contribution in [0.25, 0.3) is 0 Å². The van der Waals surface area contributed by atoms with Gasteiger partial charge in [0.15, 0.2) is 5.78 Å². The van der Waals surface area contributed by atoms with E-state index < -0.39 is 17.8 Å². The minimum absolute atomic E-state index is 0.0317. The molecule has 6 atom stereocenters. The summed E-state index contributed by atoms with van der Waals surface area (Å²) in [6.45, 7) is 12.7. The summed E-state index contributed by atoms with van der Waals surface area (Å²) in [7, 11) is 0. The molecule has 3 saturated carbocycles. The van der Waals surface area contributed by atoms with Crippen LogP contribution in [0.15, 0.2) is 23.3 Å². The van der Waals surface area contributed by atoms with E-state index in [1.54, 1.807) is 19.4 Å². The van der Waals surface area contributed by atoms with Crippen LogP contribution >= 0.6 is 0 Å². The first-order valence-corrected chi connectivity index (χ1v) is 14.7. The van der Waals surface area contributed by atoms with Crippen molar-refractivity contribution in [2.75, 3.05) is 0 Å². The molecule has 0 heterocycles. The molecule has 0 bridgehead atoms. The Balaban J connectivity index is 1.76. The Labute approximate surface area is 220 Å². The molecule has 0 radical (unpaired) electrons. The van der Waals surface area contributed by atoms with Crippen LogP contribution in [0.4, 0.5) is 0 Å². The van der Waals surface area contributed by atoms with Gasteiger partial charge in [0.1, 0.15) is 5.60 Å². The number of allylic oxidation sites excluding steroid dienone is 3. The molecule has 0 aliphatic heterocycles. The molecule has 0 spiro atoms. The summed E-state index contributed by atoms with van der Waals surface area (Å²) in [5, 5.41) is 30.4. The highest BCUT2D eigenvalue weighted by atomic mass is 16.3. The van der Waals surface area contributed by atoms with Crippen molar-refractivity contribution in [2.45, 2.75) is 143 Å². The van der Waals surface area contributed by atoms with Gasteiger partial charge in [-0.2, -0.15) is 0 Å². The second-order valence-corrected chi connectivity index (χ2v) is 14.3. The van der Waals surface area contributed by atoms with Gasteiger partial charge in [-0.05, 0) is 107 Å². The van der Waals surface area contributed by atoms with Crippen molar-refractivity contribution < 1.29 is 20.1 Å². The van der Waals surface area contributed by atoms with Crippen LogP contribution in [0, 0.1) is 28.6 Å². The molecule has 3 aliphatic carbocycles. The fraction of sp³-hybridized carbons (Fsp3) is 0.844. The first-order chi connectivity index (χ1) is 16.7. The molecule has 3 aliphatic rings. The number of carbonyl (C=O) groups is 1. The summed E-state index contributed by atoms with van der Waals surface area (Å²) in [4.78, 5) is 12.6. The highest BCUT2D eigenvalue weighted by molar-refractivity contribution is 5.86. The van der Waals surface area contributed by atoms with E-state index in [0.29, 0.717) is 48.9 Å². The fourth-order valence-corrected chi connectivity index (χ4v) is 7.65. The van der Waals surface area contributed by atoms with Gasteiger partial charge in [0.2, 0.25) is 0 Å².